The molecule has 25 heavy (non-hydrogen) atoms. The number of halogens is 1. The van der Waals surface area contributed by atoms with E-state index in [1.165, 1.54) is 0 Å². The molecule has 130 valence electrons. The molecule has 0 atom stereocenters. The van der Waals surface area contributed by atoms with Gasteiger partial charge in [0.15, 0.2) is 5.76 Å². The molecule has 0 aliphatic heterocycles. The van der Waals surface area contributed by atoms with E-state index in [2.05, 4.69) is 9.88 Å². The molecule has 0 bridgehead atoms. The first kappa shape index (κ1) is 17.7. The second-order valence-electron chi connectivity index (χ2n) is 5.54. The first-order chi connectivity index (χ1) is 12.0. The third-order valence-electron chi connectivity index (χ3n) is 3.62. The number of nitrogens with one attached hydrogen (secondary N) is 1. The van der Waals surface area contributed by atoms with Crippen LogP contribution in [0.3, 0.4) is 0 Å². The maximum atomic E-state index is 12.2. The zero-order valence-corrected chi connectivity index (χ0v) is 14.9. The Labute approximate surface area is 151 Å². The van der Waals surface area contributed by atoms with Crippen molar-refractivity contribution in [1.29, 1.82) is 0 Å². The lowest BCUT2D eigenvalue weighted by Gasteiger charge is -2.07. The van der Waals surface area contributed by atoms with E-state index >= 15 is 0 Å². The van der Waals surface area contributed by atoms with Crippen molar-refractivity contribution < 1.29 is 12.9 Å². The van der Waals surface area contributed by atoms with Crippen molar-refractivity contribution in [2.45, 2.75) is 12.2 Å². The van der Waals surface area contributed by atoms with Gasteiger partial charge < -0.3 is 4.52 Å². The molecular weight excluding hydrogens is 360 g/mol. The van der Waals surface area contributed by atoms with Gasteiger partial charge in [-0.2, -0.15) is 0 Å². The van der Waals surface area contributed by atoms with E-state index in [-0.39, 0.29) is 12.3 Å². The molecule has 0 unspecified atom stereocenters. The lowest BCUT2D eigenvalue weighted by Crippen LogP contribution is -2.27. The number of hydrogen-bond acceptors (Lipinski definition) is 4. The van der Waals surface area contributed by atoms with Crippen LogP contribution in [0, 0.1) is 0 Å². The fraction of sp³-hybridized carbons (Fsp3) is 0.167. The molecule has 1 N–H and O–H groups in total. The summed E-state index contributed by atoms with van der Waals surface area (Å²) < 4.78 is 32.2. The van der Waals surface area contributed by atoms with Crippen molar-refractivity contribution in [3.63, 3.8) is 0 Å². The summed E-state index contributed by atoms with van der Waals surface area (Å²) in [6, 6.07) is 18.3. The summed E-state index contributed by atoms with van der Waals surface area (Å²) in [7, 11) is -3.47. The predicted octanol–water partition coefficient (Wildman–Crippen LogP) is 3.66. The summed E-state index contributed by atoms with van der Waals surface area (Å²) in [4.78, 5) is 0. The fourth-order valence-corrected chi connectivity index (χ4v) is 3.83. The highest BCUT2D eigenvalue weighted by atomic mass is 35.5. The van der Waals surface area contributed by atoms with E-state index in [1.807, 2.05) is 36.4 Å². The highest BCUT2D eigenvalue weighted by molar-refractivity contribution is 7.88. The van der Waals surface area contributed by atoms with Crippen molar-refractivity contribution in [2.24, 2.45) is 0 Å². The van der Waals surface area contributed by atoms with Gasteiger partial charge in [-0.3, -0.25) is 0 Å². The van der Waals surface area contributed by atoms with Crippen LogP contribution in [0.4, 0.5) is 0 Å². The van der Waals surface area contributed by atoms with Crippen LogP contribution in [-0.2, 0) is 22.2 Å². The average molecular weight is 377 g/mol. The zero-order valence-electron chi connectivity index (χ0n) is 13.4. The van der Waals surface area contributed by atoms with Crippen molar-refractivity contribution in [3.8, 4) is 11.3 Å². The molecule has 0 saturated heterocycles. The number of aromatic nitrogens is 1. The number of rotatable bonds is 7. The molecule has 7 heteroatoms. The quantitative estimate of drug-likeness (QED) is 0.683. The van der Waals surface area contributed by atoms with Gasteiger partial charge in [0, 0.05) is 29.6 Å². The van der Waals surface area contributed by atoms with E-state index in [4.69, 9.17) is 16.1 Å². The molecule has 2 aromatic carbocycles. The molecule has 0 amide bonds. The molecule has 1 heterocycles. The summed E-state index contributed by atoms with van der Waals surface area (Å²) in [6.45, 7) is 0.244. The Morgan fingerprint density at radius 2 is 1.76 bits per heavy atom. The number of nitrogens with zero attached hydrogens (tertiary/aromatic N) is 1. The van der Waals surface area contributed by atoms with E-state index in [1.54, 1.807) is 24.3 Å². The number of sulfonamides is 1. The van der Waals surface area contributed by atoms with Gasteiger partial charge in [-0.25, -0.2) is 13.1 Å². The predicted molar refractivity (Wildman–Crippen MR) is 97.7 cm³/mol. The van der Waals surface area contributed by atoms with E-state index in [9.17, 15) is 8.42 Å². The summed E-state index contributed by atoms with van der Waals surface area (Å²) in [5.41, 5.74) is 2.20. The van der Waals surface area contributed by atoms with Crippen LogP contribution in [-0.4, -0.2) is 20.1 Å². The van der Waals surface area contributed by atoms with Crippen LogP contribution < -0.4 is 4.72 Å². The Hall–Kier alpha value is -2.15. The molecule has 3 aromatic rings. The Morgan fingerprint density at radius 1 is 1.04 bits per heavy atom. The third-order valence-corrected chi connectivity index (χ3v) is 5.33. The topological polar surface area (TPSA) is 72.2 Å². The normalized spacial score (nSPS) is 11.6. The second kappa shape index (κ2) is 7.82. The molecule has 1 aromatic heterocycles. The first-order valence-corrected chi connectivity index (χ1v) is 9.78. The largest absolute Gasteiger partial charge is 0.356 e. The number of hydrogen-bond donors (Lipinski definition) is 1. The standard InChI is InChI=1S/C18H17ClN2O3S/c19-17-9-5-4-8-15(17)13-25(22,23)20-11-10-16-12-18(24-21-16)14-6-2-1-3-7-14/h1-9,12,20H,10-11,13H2. The van der Waals surface area contributed by atoms with Gasteiger partial charge in [0.05, 0.1) is 11.4 Å². The summed E-state index contributed by atoms with van der Waals surface area (Å²) in [6.07, 6.45) is 0.443. The highest BCUT2D eigenvalue weighted by Gasteiger charge is 2.14. The van der Waals surface area contributed by atoms with Gasteiger partial charge in [-0.15, -0.1) is 0 Å². The monoisotopic (exact) mass is 376 g/mol. The first-order valence-electron chi connectivity index (χ1n) is 7.75. The van der Waals surface area contributed by atoms with E-state index < -0.39 is 10.0 Å². The van der Waals surface area contributed by atoms with Crippen LogP contribution in [0.2, 0.25) is 5.02 Å². The summed E-state index contributed by atoms with van der Waals surface area (Å²) >= 11 is 6.01. The lowest BCUT2D eigenvalue weighted by molar-refractivity contribution is 0.423. The Bertz CT molecular complexity index is 940. The molecule has 3 rings (SSSR count). The van der Waals surface area contributed by atoms with E-state index in [0.29, 0.717) is 28.5 Å². The summed E-state index contributed by atoms with van der Waals surface area (Å²) in [5, 5.41) is 4.42. The summed E-state index contributed by atoms with van der Waals surface area (Å²) in [5.74, 6) is 0.510. The second-order valence-corrected chi connectivity index (χ2v) is 7.76. The molecule has 0 fully saturated rings. The molecule has 0 aliphatic rings. The average Bonchev–Trinajstić information content (AvgIpc) is 3.06. The van der Waals surface area contributed by atoms with Crippen LogP contribution in [0.15, 0.2) is 65.2 Å². The molecule has 0 radical (unpaired) electrons. The lowest BCUT2D eigenvalue weighted by atomic mass is 10.1. The SMILES string of the molecule is O=S(=O)(Cc1ccccc1Cl)NCCc1cc(-c2ccccc2)on1. The van der Waals surface area contributed by atoms with Gasteiger partial charge in [-0.05, 0) is 11.6 Å². The van der Waals surface area contributed by atoms with Crippen LogP contribution in [0.25, 0.3) is 11.3 Å². The smallest absolute Gasteiger partial charge is 0.215 e. The Kier molecular flexibility index (Phi) is 5.53. The number of benzene rings is 2. The van der Waals surface area contributed by atoms with Crippen LogP contribution >= 0.6 is 11.6 Å². The van der Waals surface area contributed by atoms with Gasteiger partial charge in [0.25, 0.3) is 0 Å². The van der Waals surface area contributed by atoms with Gasteiger partial charge in [0.1, 0.15) is 0 Å². The maximum absolute atomic E-state index is 12.2. The minimum Gasteiger partial charge on any atom is -0.356 e. The third kappa shape index (κ3) is 4.92. The molecule has 0 saturated carbocycles. The van der Waals surface area contributed by atoms with Gasteiger partial charge >= 0.3 is 0 Å². The molecule has 5 nitrogen and oxygen atoms in total. The van der Waals surface area contributed by atoms with Crippen LogP contribution in [0.5, 0.6) is 0 Å². The Morgan fingerprint density at radius 3 is 2.52 bits per heavy atom. The molecule has 0 aliphatic carbocycles. The molecular formula is C18H17ClN2O3S. The fourth-order valence-electron chi connectivity index (χ4n) is 2.37. The van der Waals surface area contributed by atoms with Crippen molar-refractivity contribution in [1.82, 2.24) is 9.88 Å². The van der Waals surface area contributed by atoms with Crippen molar-refractivity contribution in [2.75, 3.05) is 6.54 Å². The Balaban J connectivity index is 1.56. The van der Waals surface area contributed by atoms with E-state index in [0.717, 1.165) is 5.56 Å². The molecule has 0 spiro atoms. The maximum Gasteiger partial charge on any atom is 0.215 e. The van der Waals surface area contributed by atoms with Crippen molar-refractivity contribution in [3.05, 3.63) is 76.9 Å². The minimum atomic E-state index is -3.47. The van der Waals surface area contributed by atoms with Gasteiger partial charge in [0.2, 0.25) is 10.0 Å². The van der Waals surface area contributed by atoms with Crippen LogP contribution in [0.1, 0.15) is 11.3 Å². The minimum absolute atomic E-state index is 0.152. The zero-order chi connectivity index (χ0) is 17.7. The highest BCUT2D eigenvalue weighted by Crippen LogP contribution is 2.20. The van der Waals surface area contributed by atoms with Gasteiger partial charge in [-0.1, -0.05) is 65.3 Å². The van der Waals surface area contributed by atoms with Crippen molar-refractivity contribution >= 4 is 21.6 Å².